The van der Waals surface area contributed by atoms with Gasteiger partial charge in [0.2, 0.25) is 17.7 Å². The van der Waals surface area contributed by atoms with Gasteiger partial charge in [0.05, 0.1) is 5.69 Å². The Balaban J connectivity index is 1.52. The van der Waals surface area contributed by atoms with Gasteiger partial charge in [0, 0.05) is 51.3 Å². The SMILES string of the molecule is CCC(=O)N[C@@H](C(=O)N1CCN(C)CC1)[C@@H](C)c1ccc(NC(=O)[C@H](NC(=O)c2ccnn2CC)C2CCC(C)CC2)c(F)c1. The average Bonchev–Trinajstić information content (AvgIpc) is 3.53. The predicted octanol–water partition coefficient (Wildman–Crippen LogP) is 3.38. The summed E-state index contributed by atoms with van der Waals surface area (Å²) < 4.78 is 17.2. The molecule has 11 nitrogen and oxygen atoms in total. The lowest BCUT2D eigenvalue weighted by atomic mass is 9.79. The average molecular weight is 626 g/mol. The van der Waals surface area contributed by atoms with Crippen molar-refractivity contribution in [1.29, 1.82) is 0 Å². The second kappa shape index (κ2) is 15.5. The fourth-order valence-corrected chi connectivity index (χ4v) is 6.23. The van der Waals surface area contributed by atoms with Crippen LogP contribution >= 0.6 is 0 Å². The molecule has 3 atom stereocenters. The van der Waals surface area contributed by atoms with E-state index in [9.17, 15) is 19.2 Å². The molecule has 1 saturated carbocycles. The molecule has 45 heavy (non-hydrogen) atoms. The van der Waals surface area contributed by atoms with Crippen molar-refractivity contribution >= 4 is 29.3 Å². The molecule has 2 aliphatic rings. The molecular weight excluding hydrogens is 577 g/mol. The van der Waals surface area contributed by atoms with Crippen molar-refractivity contribution in [3.63, 3.8) is 0 Å². The minimum atomic E-state index is -0.856. The van der Waals surface area contributed by atoms with Crippen LogP contribution in [0.3, 0.4) is 0 Å². The third-order valence-electron chi connectivity index (χ3n) is 9.35. The molecule has 3 N–H and O–H groups in total. The third-order valence-corrected chi connectivity index (χ3v) is 9.35. The highest BCUT2D eigenvalue weighted by atomic mass is 19.1. The summed E-state index contributed by atoms with van der Waals surface area (Å²) in [6.45, 7) is 10.7. The maximum absolute atomic E-state index is 15.6. The highest BCUT2D eigenvalue weighted by Crippen LogP contribution is 2.32. The van der Waals surface area contributed by atoms with E-state index in [0.717, 1.165) is 38.8 Å². The number of nitrogens with zero attached hydrogens (tertiary/aromatic N) is 4. The highest BCUT2D eigenvalue weighted by Gasteiger charge is 2.35. The maximum atomic E-state index is 15.6. The lowest BCUT2D eigenvalue weighted by molar-refractivity contribution is -0.138. The van der Waals surface area contributed by atoms with Crippen LogP contribution in [0.1, 0.15) is 81.8 Å². The van der Waals surface area contributed by atoms with E-state index < -0.39 is 35.6 Å². The molecular formula is C33H48FN7O4. The van der Waals surface area contributed by atoms with Gasteiger partial charge >= 0.3 is 0 Å². The zero-order chi connectivity index (χ0) is 32.7. The van der Waals surface area contributed by atoms with Crippen LogP contribution < -0.4 is 16.0 Å². The Labute approximate surface area is 265 Å². The van der Waals surface area contributed by atoms with Crippen LogP contribution in [0.2, 0.25) is 0 Å². The quantitative estimate of drug-likeness (QED) is 0.351. The summed E-state index contributed by atoms with van der Waals surface area (Å²) in [5.41, 5.74) is 0.866. The first-order valence-corrected chi connectivity index (χ1v) is 16.2. The molecule has 0 unspecified atom stereocenters. The minimum Gasteiger partial charge on any atom is -0.344 e. The van der Waals surface area contributed by atoms with Crippen molar-refractivity contribution in [2.75, 3.05) is 38.5 Å². The number of halogens is 1. The predicted molar refractivity (Wildman–Crippen MR) is 170 cm³/mol. The number of anilines is 1. The van der Waals surface area contributed by atoms with Crippen molar-refractivity contribution < 1.29 is 23.6 Å². The highest BCUT2D eigenvalue weighted by molar-refractivity contribution is 6.00. The molecule has 1 aliphatic heterocycles. The van der Waals surface area contributed by atoms with Gasteiger partial charge in [-0.1, -0.05) is 39.7 Å². The number of amides is 4. The van der Waals surface area contributed by atoms with E-state index in [-0.39, 0.29) is 29.8 Å². The Morgan fingerprint density at radius 1 is 1.00 bits per heavy atom. The second-order valence-corrected chi connectivity index (χ2v) is 12.5. The van der Waals surface area contributed by atoms with Crippen LogP contribution in [0, 0.1) is 17.7 Å². The van der Waals surface area contributed by atoms with E-state index in [1.165, 1.54) is 12.1 Å². The summed E-state index contributed by atoms with van der Waals surface area (Å²) in [6.07, 6.45) is 5.21. The number of nitrogens with one attached hydrogen (secondary N) is 3. The van der Waals surface area contributed by atoms with Crippen LogP contribution in [0.15, 0.2) is 30.5 Å². The normalized spacial score (nSPS) is 21.0. The third kappa shape index (κ3) is 8.47. The fourth-order valence-electron chi connectivity index (χ4n) is 6.23. The van der Waals surface area contributed by atoms with Crippen LogP contribution in [-0.2, 0) is 20.9 Å². The van der Waals surface area contributed by atoms with Gasteiger partial charge in [0.15, 0.2) is 0 Å². The van der Waals surface area contributed by atoms with Gasteiger partial charge in [-0.3, -0.25) is 23.9 Å². The lowest BCUT2D eigenvalue weighted by Crippen LogP contribution is -2.55. The van der Waals surface area contributed by atoms with Gasteiger partial charge in [-0.25, -0.2) is 4.39 Å². The topological polar surface area (TPSA) is 129 Å². The number of carbonyl (C=O) groups excluding carboxylic acids is 4. The zero-order valence-corrected chi connectivity index (χ0v) is 27.1. The maximum Gasteiger partial charge on any atom is 0.270 e. The number of aromatic nitrogens is 2. The Kier molecular flexibility index (Phi) is 11.7. The Morgan fingerprint density at radius 2 is 1.69 bits per heavy atom. The molecule has 1 aliphatic carbocycles. The first kappa shape index (κ1) is 34.1. The summed E-state index contributed by atoms with van der Waals surface area (Å²) in [5, 5.41) is 12.6. The van der Waals surface area contributed by atoms with E-state index >= 15 is 4.39 Å². The Hall–Kier alpha value is -3.80. The molecule has 2 aromatic rings. The number of piperazine rings is 1. The summed E-state index contributed by atoms with van der Waals surface area (Å²) in [7, 11) is 2.00. The molecule has 246 valence electrons. The summed E-state index contributed by atoms with van der Waals surface area (Å²) >= 11 is 0. The van der Waals surface area contributed by atoms with Gasteiger partial charge in [0.1, 0.15) is 23.6 Å². The molecule has 0 radical (unpaired) electrons. The number of rotatable bonds is 11. The van der Waals surface area contributed by atoms with E-state index in [1.807, 2.05) is 14.0 Å². The van der Waals surface area contributed by atoms with Gasteiger partial charge in [-0.05, 0) is 62.4 Å². The van der Waals surface area contributed by atoms with Crippen molar-refractivity contribution in [2.24, 2.45) is 11.8 Å². The Morgan fingerprint density at radius 3 is 2.31 bits per heavy atom. The first-order valence-electron chi connectivity index (χ1n) is 16.2. The lowest BCUT2D eigenvalue weighted by Gasteiger charge is -2.36. The van der Waals surface area contributed by atoms with Crippen molar-refractivity contribution in [2.45, 2.75) is 84.3 Å². The molecule has 1 saturated heterocycles. The molecule has 4 amide bonds. The fraction of sp³-hybridized carbons (Fsp3) is 0.606. The number of hydrogen-bond acceptors (Lipinski definition) is 6. The van der Waals surface area contributed by atoms with Crippen molar-refractivity contribution in [3.8, 4) is 0 Å². The van der Waals surface area contributed by atoms with Gasteiger partial charge in [0.25, 0.3) is 5.91 Å². The smallest absolute Gasteiger partial charge is 0.270 e. The van der Waals surface area contributed by atoms with E-state index in [2.05, 4.69) is 32.9 Å². The van der Waals surface area contributed by atoms with E-state index in [1.54, 1.807) is 41.8 Å². The minimum absolute atomic E-state index is 0.0162. The monoisotopic (exact) mass is 625 g/mol. The number of hydrogen-bond donors (Lipinski definition) is 3. The number of benzene rings is 1. The van der Waals surface area contributed by atoms with E-state index in [4.69, 9.17) is 0 Å². The first-order chi connectivity index (χ1) is 21.5. The molecule has 4 rings (SSSR count). The van der Waals surface area contributed by atoms with Crippen LogP contribution in [-0.4, -0.2) is 88.5 Å². The number of likely N-dealkylation sites (N-methyl/N-ethyl adjacent to an activating group) is 1. The van der Waals surface area contributed by atoms with Crippen molar-refractivity contribution in [3.05, 3.63) is 47.5 Å². The number of aryl methyl sites for hydroxylation is 1. The van der Waals surface area contributed by atoms with Gasteiger partial charge in [-0.15, -0.1) is 0 Å². The van der Waals surface area contributed by atoms with Crippen molar-refractivity contribution in [1.82, 2.24) is 30.2 Å². The molecule has 0 bridgehead atoms. The Bertz CT molecular complexity index is 1350. The van der Waals surface area contributed by atoms with Gasteiger partial charge in [-0.2, -0.15) is 5.10 Å². The molecule has 2 heterocycles. The summed E-state index contributed by atoms with van der Waals surface area (Å²) in [4.78, 5) is 56.7. The van der Waals surface area contributed by atoms with Crippen LogP contribution in [0.4, 0.5) is 10.1 Å². The van der Waals surface area contributed by atoms with Gasteiger partial charge < -0.3 is 25.8 Å². The van der Waals surface area contributed by atoms with Crippen LogP contribution in [0.5, 0.6) is 0 Å². The summed E-state index contributed by atoms with van der Waals surface area (Å²) in [5.74, 6) is -2.06. The van der Waals surface area contributed by atoms with E-state index in [0.29, 0.717) is 36.8 Å². The second-order valence-electron chi connectivity index (χ2n) is 12.5. The molecule has 0 spiro atoms. The molecule has 1 aromatic heterocycles. The zero-order valence-electron chi connectivity index (χ0n) is 27.1. The van der Waals surface area contributed by atoms with Crippen LogP contribution in [0.25, 0.3) is 0 Å². The number of carbonyl (C=O) groups is 4. The molecule has 12 heteroatoms. The molecule has 1 aromatic carbocycles. The largest absolute Gasteiger partial charge is 0.344 e. The standard InChI is InChI=1S/C33H48FN7O4/c1-6-28(42)37-29(33(45)40-18-16-39(5)17-19-40)22(4)24-12-13-26(25(34)20-24)36-32(44)30(23-10-8-21(3)9-11-23)38-31(43)27-14-15-35-41(27)7-2/h12-15,20-23,29-30H,6-11,16-19H2,1-5H3,(H,36,44)(H,37,42)(H,38,43)/t21?,22-,23?,29+,30+/m0/s1. The summed E-state index contributed by atoms with van der Waals surface area (Å²) in [6, 6.07) is 4.36. The molecule has 2 fully saturated rings.